The molecule has 0 fully saturated rings. The van der Waals surface area contributed by atoms with Crippen LogP contribution in [0.4, 0.5) is 0 Å². The monoisotopic (exact) mass is 178 g/mol. The molecule has 0 saturated carbocycles. The fourth-order valence-corrected chi connectivity index (χ4v) is 0.954. The molecule has 2 aromatic heterocycles. The Labute approximate surface area is 75.2 Å². The van der Waals surface area contributed by atoms with Gasteiger partial charge in [0.2, 0.25) is 0 Å². The van der Waals surface area contributed by atoms with Crippen LogP contribution in [-0.4, -0.2) is 20.3 Å². The Morgan fingerprint density at radius 1 is 1.46 bits per heavy atom. The highest BCUT2D eigenvalue weighted by atomic mass is 16.5. The first kappa shape index (κ1) is 7.97. The lowest BCUT2D eigenvalue weighted by Gasteiger charge is -1.91. The summed E-state index contributed by atoms with van der Waals surface area (Å²) in [5.74, 6) is 1.48. The van der Waals surface area contributed by atoms with E-state index in [-0.39, 0.29) is 5.92 Å². The molecular weight excluding hydrogens is 168 g/mol. The highest BCUT2D eigenvalue weighted by Crippen LogP contribution is 2.16. The van der Waals surface area contributed by atoms with Crippen LogP contribution in [0.15, 0.2) is 16.8 Å². The van der Waals surface area contributed by atoms with Crippen LogP contribution in [0.5, 0.6) is 0 Å². The van der Waals surface area contributed by atoms with E-state index < -0.39 is 0 Å². The number of H-pyrrole nitrogens is 1. The van der Waals surface area contributed by atoms with E-state index in [1.165, 1.54) is 0 Å². The van der Waals surface area contributed by atoms with Crippen molar-refractivity contribution in [1.82, 2.24) is 20.3 Å². The summed E-state index contributed by atoms with van der Waals surface area (Å²) in [6.45, 7) is 4.03. The average Bonchev–Trinajstić information content (AvgIpc) is 2.75. The fraction of sp³-hybridized carbons (Fsp3) is 0.375. The van der Waals surface area contributed by atoms with E-state index in [2.05, 4.69) is 20.3 Å². The Hall–Kier alpha value is -1.65. The van der Waals surface area contributed by atoms with E-state index in [0.29, 0.717) is 11.7 Å². The van der Waals surface area contributed by atoms with Crippen LogP contribution in [0.2, 0.25) is 0 Å². The van der Waals surface area contributed by atoms with Gasteiger partial charge in [0.25, 0.3) is 5.89 Å². The molecule has 0 bridgehead atoms. The molecule has 0 atom stereocenters. The first-order valence-corrected chi connectivity index (χ1v) is 4.10. The van der Waals surface area contributed by atoms with Gasteiger partial charge in [-0.05, 0) is 6.07 Å². The number of aromatic amines is 1. The second-order valence-corrected chi connectivity index (χ2v) is 3.08. The normalized spacial score (nSPS) is 11.0. The van der Waals surface area contributed by atoms with Gasteiger partial charge >= 0.3 is 0 Å². The van der Waals surface area contributed by atoms with Gasteiger partial charge in [0.05, 0.1) is 0 Å². The van der Waals surface area contributed by atoms with Crippen molar-refractivity contribution in [3.8, 4) is 11.6 Å². The molecule has 0 aliphatic heterocycles. The second kappa shape index (κ2) is 3.01. The zero-order chi connectivity index (χ0) is 9.26. The van der Waals surface area contributed by atoms with Crippen molar-refractivity contribution in [2.45, 2.75) is 19.8 Å². The lowest BCUT2D eigenvalue weighted by Crippen LogP contribution is -1.89. The molecule has 13 heavy (non-hydrogen) atoms. The number of nitrogens with one attached hydrogen (secondary N) is 1. The lowest BCUT2D eigenvalue weighted by atomic mass is 10.2. The number of aromatic nitrogens is 4. The van der Waals surface area contributed by atoms with Crippen molar-refractivity contribution in [3.05, 3.63) is 18.1 Å². The van der Waals surface area contributed by atoms with Crippen LogP contribution in [0, 0.1) is 0 Å². The molecule has 2 aromatic rings. The maximum absolute atomic E-state index is 5.04. The van der Waals surface area contributed by atoms with Gasteiger partial charge in [0, 0.05) is 12.1 Å². The standard InChI is InChI=1S/C8H10N4O/c1-5(2)7-10-8(13-12-7)6-3-4-9-11-6/h3-5H,1-2H3,(H,9,11). The van der Waals surface area contributed by atoms with Crippen molar-refractivity contribution in [2.75, 3.05) is 0 Å². The topological polar surface area (TPSA) is 67.6 Å². The third-order valence-corrected chi connectivity index (χ3v) is 1.69. The number of nitrogens with zero attached hydrogens (tertiary/aromatic N) is 3. The van der Waals surface area contributed by atoms with Gasteiger partial charge in [-0.1, -0.05) is 19.0 Å². The van der Waals surface area contributed by atoms with Gasteiger partial charge in [-0.2, -0.15) is 10.1 Å². The first-order valence-electron chi connectivity index (χ1n) is 4.10. The van der Waals surface area contributed by atoms with Gasteiger partial charge in [0.15, 0.2) is 5.82 Å². The van der Waals surface area contributed by atoms with Crippen molar-refractivity contribution < 1.29 is 4.52 Å². The third-order valence-electron chi connectivity index (χ3n) is 1.69. The van der Waals surface area contributed by atoms with Crippen molar-refractivity contribution in [3.63, 3.8) is 0 Å². The molecule has 0 aliphatic rings. The SMILES string of the molecule is CC(C)c1noc(-c2ccn[nH]2)n1. The summed E-state index contributed by atoms with van der Waals surface area (Å²) < 4.78 is 5.04. The van der Waals surface area contributed by atoms with Crippen LogP contribution in [0.25, 0.3) is 11.6 Å². The predicted octanol–water partition coefficient (Wildman–Crippen LogP) is 1.58. The smallest absolute Gasteiger partial charge is 0.275 e. The molecule has 0 saturated heterocycles. The Morgan fingerprint density at radius 3 is 2.85 bits per heavy atom. The molecule has 2 rings (SSSR count). The summed E-state index contributed by atoms with van der Waals surface area (Å²) in [7, 11) is 0. The summed E-state index contributed by atoms with van der Waals surface area (Å²) in [4.78, 5) is 4.20. The lowest BCUT2D eigenvalue weighted by molar-refractivity contribution is 0.418. The maximum Gasteiger partial charge on any atom is 0.275 e. The number of hydrogen-bond acceptors (Lipinski definition) is 4. The summed E-state index contributed by atoms with van der Waals surface area (Å²) in [5.41, 5.74) is 0.749. The molecule has 0 unspecified atom stereocenters. The Kier molecular flexibility index (Phi) is 1.84. The van der Waals surface area contributed by atoms with Crippen LogP contribution >= 0.6 is 0 Å². The quantitative estimate of drug-likeness (QED) is 0.758. The molecule has 0 amide bonds. The zero-order valence-corrected chi connectivity index (χ0v) is 7.48. The van der Waals surface area contributed by atoms with Crippen LogP contribution in [0.1, 0.15) is 25.6 Å². The van der Waals surface area contributed by atoms with E-state index in [1.807, 2.05) is 13.8 Å². The largest absolute Gasteiger partial charge is 0.332 e. The summed E-state index contributed by atoms with van der Waals surface area (Å²) in [6, 6.07) is 1.79. The molecule has 0 aromatic carbocycles. The molecule has 5 nitrogen and oxygen atoms in total. The van der Waals surface area contributed by atoms with E-state index in [9.17, 15) is 0 Å². The molecule has 0 aliphatic carbocycles. The van der Waals surface area contributed by atoms with E-state index >= 15 is 0 Å². The summed E-state index contributed by atoms with van der Waals surface area (Å²) in [6.07, 6.45) is 1.65. The fourth-order valence-electron chi connectivity index (χ4n) is 0.954. The minimum atomic E-state index is 0.278. The van der Waals surface area contributed by atoms with E-state index in [4.69, 9.17) is 4.52 Å². The van der Waals surface area contributed by atoms with Gasteiger partial charge in [-0.3, -0.25) is 5.10 Å². The Bertz CT molecular complexity index is 377. The minimum Gasteiger partial charge on any atom is -0.332 e. The molecule has 68 valence electrons. The number of hydrogen-bond donors (Lipinski definition) is 1. The predicted molar refractivity (Wildman–Crippen MR) is 46.0 cm³/mol. The Morgan fingerprint density at radius 2 is 2.31 bits per heavy atom. The van der Waals surface area contributed by atoms with Crippen LogP contribution in [-0.2, 0) is 0 Å². The van der Waals surface area contributed by atoms with E-state index in [0.717, 1.165) is 5.69 Å². The maximum atomic E-state index is 5.04. The number of rotatable bonds is 2. The van der Waals surface area contributed by atoms with Gasteiger partial charge < -0.3 is 4.52 Å². The minimum absolute atomic E-state index is 0.278. The molecule has 1 N–H and O–H groups in total. The second-order valence-electron chi connectivity index (χ2n) is 3.08. The van der Waals surface area contributed by atoms with E-state index in [1.54, 1.807) is 12.3 Å². The molecular formula is C8H10N4O. The third kappa shape index (κ3) is 1.44. The van der Waals surface area contributed by atoms with Gasteiger partial charge in [0.1, 0.15) is 5.69 Å². The first-order chi connectivity index (χ1) is 6.27. The Balaban J connectivity index is 2.33. The molecule has 0 spiro atoms. The van der Waals surface area contributed by atoms with Crippen LogP contribution < -0.4 is 0 Å². The zero-order valence-electron chi connectivity index (χ0n) is 7.48. The summed E-state index contributed by atoms with van der Waals surface area (Å²) in [5, 5.41) is 10.4. The molecule has 2 heterocycles. The molecule has 5 heteroatoms. The van der Waals surface area contributed by atoms with Gasteiger partial charge in [-0.25, -0.2) is 0 Å². The summed E-state index contributed by atoms with van der Waals surface area (Å²) >= 11 is 0. The van der Waals surface area contributed by atoms with Crippen molar-refractivity contribution >= 4 is 0 Å². The van der Waals surface area contributed by atoms with Gasteiger partial charge in [-0.15, -0.1) is 0 Å². The van der Waals surface area contributed by atoms with Crippen LogP contribution in [0.3, 0.4) is 0 Å². The van der Waals surface area contributed by atoms with Crippen molar-refractivity contribution in [1.29, 1.82) is 0 Å². The molecule has 0 radical (unpaired) electrons. The highest BCUT2D eigenvalue weighted by Gasteiger charge is 2.11. The van der Waals surface area contributed by atoms with Crippen molar-refractivity contribution in [2.24, 2.45) is 0 Å². The highest BCUT2D eigenvalue weighted by molar-refractivity contribution is 5.44. The average molecular weight is 178 g/mol.